The highest BCUT2D eigenvalue weighted by Gasteiger charge is 2.47. The highest BCUT2D eigenvalue weighted by Crippen LogP contribution is 2.29. The van der Waals surface area contributed by atoms with Crippen molar-refractivity contribution in [3.63, 3.8) is 0 Å². The predicted octanol–water partition coefficient (Wildman–Crippen LogP) is 2.30. The standard InChI is InChI=1S/C16H33N3O/c1-8-10-13-17-16(5,9-2)14(20)19(13)12-15(3,4)11-18(6)7/h13,17H,8-12H2,1-7H3. The van der Waals surface area contributed by atoms with Gasteiger partial charge in [0.1, 0.15) is 0 Å². The van der Waals surface area contributed by atoms with E-state index in [9.17, 15) is 4.79 Å². The molecule has 20 heavy (non-hydrogen) atoms. The van der Waals surface area contributed by atoms with E-state index in [1.165, 1.54) is 0 Å². The minimum absolute atomic E-state index is 0.103. The number of rotatable bonds is 7. The van der Waals surface area contributed by atoms with Crippen LogP contribution < -0.4 is 5.32 Å². The third kappa shape index (κ3) is 3.95. The van der Waals surface area contributed by atoms with E-state index in [2.05, 4.69) is 56.9 Å². The second-order valence-corrected chi connectivity index (χ2v) is 7.47. The van der Waals surface area contributed by atoms with Crippen molar-refractivity contribution < 1.29 is 4.79 Å². The molecule has 1 aliphatic rings. The fourth-order valence-electron chi connectivity index (χ4n) is 3.27. The third-order valence-corrected chi connectivity index (χ3v) is 4.21. The summed E-state index contributed by atoms with van der Waals surface area (Å²) in [6, 6.07) is 0. The molecule has 0 aromatic heterocycles. The Morgan fingerprint density at radius 1 is 1.35 bits per heavy atom. The largest absolute Gasteiger partial charge is 0.325 e. The number of nitrogens with zero attached hydrogens (tertiary/aromatic N) is 2. The van der Waals surface area contributed by atoms with Gasteiger partial charge in [0.2, 0.25) is 5.91 Å². The summed E-state index contributed by atoms with van der Waals surface area (Å²) in [6.45, 7) is 12.6. The lowest BCUT2D eigenvalue weighted by atomic mass is 9.91. The van der Waals surface area contributed by atoms with Gasteiger partial charge in [0, 0.05) is 13.1 Å². The molecule has 118 valence electrons. The van der Waals surface area contributed by atoms with Gasteiger partial charge in [-0.2, -0.15) is 0 Å². The first-order chi connectivity index (χ1) is 9.15. The van der Waals surface area contributed by atoms with E-state index in [0.29, 0.717) is 0 Å². The Hall–Kier alpha value is -0.610. The maximum Gasteiger partial charge on any atom is 0.243 e. The van der Waals surface area contributed by atoms with Crippen LogP contribution in [0.5, 0.6) is 0 Å². The summed E-state index contributed by atoms with van der Waals surface area (Å²) in [4.78, 5) is 17.0. The fraction of sp³-hybridized carbons (Fsp3) is 0.938. The molecule has 1 aliphatic heterocycles. The fourth-order valence-corrected chi connectivity index (χ4v) is 3.27. The molecule has 0 radical (unpaired) electrons. The van der Waals surface area contributed by atoms with Crippen molar-refractivity contribution in [3.8, 4) is 0 Å². The molecule has 0 spiro atoms. The highest BCUT2D eigenvalue weighted by atomic mass is 16.2. The van der Waals surface area contributed by atoms with Crippen molar-refractivity contribution in [1.29, 1.82) is 0 Å². The van der Waals surface area contributed by atoms with Crippen molar-refractivity contribution >= 4 is 5.91 Å². The first-order valence-corrected chi connectivity index (χ1v) is 7.88. The number of hydrogen-bond acceptors (Lipinski definition) is 3. The third-order valence-electron chi connectivity index (χ3n) is 4.21. The van der Waals surface area contributed by atoms with Crippen LogP contribution in [0.1, 0.15) is 53.9 Å². The number of nitrogens with one attached hydrogen (secondary N) is 1. The predicted molar refractivity (Wildman–Crippen MR) is 84.6 cm³/mol. The van der Waals surface area contributed by atoms with Crippen LogP contribution in [0.4, 0.5) is 0 Å². The molecule has 2 unspecified atom stereocenters. The lowest BCUT2D eigenvalue weighted by Gasteiger charge is -2.35. The quantitative estimate of drug-likeness (QED) is 0.779. The summed E-state index contributed by atoms with van der Waals surface area (Å²) in [6.07, 6.45) is 3.16. The number of amides is 1. The molecule has 2 atom stereocenters. The van der Waals surface area contributed by atoms with Crippen LogP contribution in [0.25, 0.3) is 0 Å². The average molecular weight is 283 g/mol. The van der Waals surface area contributed by atoms with Gasteiger partial charge in [-0.15, -0.1) is 0 Å². The van der Waals surface area contributed by atoms with Crippen molar-refractivity contribution in [2.24, 2.45) is 5.41 Å². The first kappa shape index (κ1) is 17.4. The Balaban J connectivity index is 2.86. The van der Waals surface area contributed by atoms with Crippen LogP contribution in [-0.2, 0) is 4.79 Å². The summed E-state index contributed by atoms with van der Waals surface area (Å²) < 4.78 is 0. The highest BCUT2D eigenvalue weighted by molar-refractivity contribution is 5.88. The van der Waals surface area contributed by atoms with Gasteiger partial charge >= 0.3 is 0 Å². The van der Waals surface area contributed by atoms with E-state index < -0.39 is 0 Å². The van der Waals surface area contributed by atoms with Crippen LogP contribution >= 0.6 is 0 Å². The molecule has 1 amide bonds. The van der Waals surface area contributed by atoms with Crippen molar-refractivity contribution in [3.05, 3.63) is 0 Å². The topological polar surface area (TPSA) is 35.6 Å². The van der Waals surface area contributed by atoms with E-state index in [1.807, 2.05) is 6.92 Å². The molecule has 1 heterocycles. The second kappa shape index (κ2) is 6.44. The van der Waals surface area contributed by atoms with E-state index in [0.717, 1.165) is 32.4 Å². The van der Waals surface area contributed by atoms with Gasteiger partial charge in [-0.1, -0.05) is 34.1 Å². The summed E-state index contributed by atoms with van der Waals surface area (Å²) in [7, 11) is 4.18. The Bertz CT molecular complexity index is 341. The van der Waals surface area contributed by atoms with Gasteiger partial charge in [0.25, 0.3) is 0 Å². The second-order valence-electron chi connectivity index (χ2n) is 7.47. The number of hydrogen-bond donors (Lipinski definition) is 1. The summed E-state index contributed by atoms with van der Waals surface area (Å²) in [5, 5.41) is 3.56. The van der Waals surface area contributed by atoms with Gasteiger partial charge in [0.15, 0.2) is 0 Å². The summed E-state index contributed by atoms with van der Waals surface area (Å²) in [5.41, 5.74) is -0.278. The molecule has 0 bridgehead atoms. The van der Waals surface area contributed by atoms with Gasteiger partial charge in [-0.25, -0.2) is 0 Å². The van der Waals surface area contributed by atoms with Crippen LogP contribution in [0, 0.1) is 5.41 Å². The van der Waals surface area contributed by atoms with E-state index >= 15 is 0 Å². The monoisotopic (exact) mass is 283 g/mol. The first-order valence-electron chi connectivity index (χ1n) is 7.88. The molecular weight excluding hydrogens is 250 g/mol. The minimum atomic E-state index is -0.381. The van der Waals surface area contributed by atoms with Crippen LogP contribution in [0.2, 0.25) is 0 Å². The molecule has 0 aromatic carbocycles. The lowest BCUT2D eigenvalue weighted by Crippen LogP contribution is -2.46. The Morgan fingerprint density at radius 2 is 1.95 bits per heavy atom. The maximum absolute atomic E-state index is 12.8. The normalized spacial score (nSPS) is 27.7. The summed E-state index contributed by atoms with van der Waals surface area (Å²) in [5.74, 6) is 0.269. The zero-order valence-corrected chi connectivity index (χ0v) is 14.4. The van der Waals surface area contributed by atoms with Crippen LogP contribution in [0.3, 0.4) is 0 Å². The molecule has 0 aromatic rings. The Morgan fingerprint density at radius 3 is 2.40 bits per heavy atom. The van der Waals surface area contributed by atoms with E-state index in [-0.39, 0.29) is 23.0 Å². The van der Waals surface area contributed by atoms with Crippen molar-refractivity contribution in [2.75, 3.05) is 27.2 Å². The van der Waals surface area contributed by atoms with Crippen molar-refractivity contribution in [1.82, 2.24) is 15.1 Å². The molecule has 1 rings (SSSR count). The Kier molecular flexibility index (Phi) is 5.61. The van der Waals surface area contributed by atoms with Crippen LogP contribution in [0.15, 0.2) is 0 Å². The van der Waals surface area contributed by atoms with E-state index in [4.69, 9.17) is 0 Å². The smallest absolute Gasteiger partial charge is 0.243 e. The zero-order valence-electron chi connectivity index (χ0n) is 14.4. The van der Waals surface area contributed by atoms with Crippen molar-refractivity contribution in [2.45, 2.75) is 65.6 Å². The maximum atomic E-state index is 12.8. The SMILES string of the molecule is CCCC1NC(C)(CC)C(=O)N1CC(C)(C)CN(C)C. The Labute approximate surface area is 124 Å². The van der Waals surface area contributed by atoms with Gasteiger partial charge in [0.05, 0.1) is 11.7 Å². The number of carbonyl (C=O) groups is 1. The molecule has 1 N–H and O–H groups in total. The van der Waals surface area contributed by atoms with Gasteiger partial charge in [-0.3, -0.25) is 10.1 Å². The number of carbonyl (C=O) groups excluding carboxylic acids is 1. The molecular formula is C16H33N3O. The summed E-state index contributed by atoms with van der Waals surface area (Å²) >= 11 is 0. The molecule has 1 saturated heterocycles. The zero-order chi connectivity index (χ0) is 15.6. The molecule has 0 aliphatic carbocycles. The molecule has 4 heteroatoms. The minimum Gasteiger partial charge on any atom is -0.325 e. The van der Waals surface area contributed by atoms with Gasteiger partial charge in [-0.05, 0) is 39.3 Å². The lowest BCUT2D eigenvalue weighted by molar-refractivity contribution is -0.134. The molecule has 1 fully saturated rings. The molecule has 0 saturated carbocycles. The van der Waals surface area contributed by atoms with E-state index in [1.54, 1.807) is 0 Å². The average Bonchev–Trinajstić information content (AvgIpc) is 2.53. The van der Waals surface area contributed by atoms with Gasteiger partial charge < -0.3 is 9.80 Å². The van der Waals surface area contributed by atoms with Crippen LogP contribution in [-0.4, -0.2) is 54.6 Å². The molecule has 4 nitrogen and oxygen atoms in total.